The fourth-order valence-corrected chi connectivity index (χ4v) is 4.05. The highest BCUT2D eigenvalue weighted by Gasteiger charge is 2.22. The largest absolute Gasteiger partial charge is 0.491 e. The molecule has 2 aromatic carbocycles. The maximum absolute atomic E-state index is 12.4. The van der Waals surface area contributed by atoms with Crippen molar-refractivity contribution in [2.45, 2.75) is 39.9 Å². The molecular formula is C23H28N2O2. The standard InChI is InChI=1S/C23H28N2O2/c1-17(2)23(26)25-11-12-27-22-8-7-18(13-21(22)16-25)14-24-10-9-19-5-3-4-6-20(19)15-24/h3-8,13,17H,9-12,14-16H2,1-2H3. The summed E-state index contributed by atoms with van der Waals surface area (Å²) in [6, 6.07) is 15.2. The lowest BCUT2D eigenvalue weighted by atomic mass is 9.99. The molecule has 27 heavy (non-hydrogen) atoms. The van der Waals surface area contributed by atoms with Gasteiger partial charge in [0.25, 0.3) is 0 Å². The van der Waals surface area contributed by atoms with Crippen LogP contribution in [-0.4, -0.2) is 35.4 Å². The fourth-order valence-electron chi connectivity index (χ4n) is 4.05. The van der Waals surface area contributed by atoms with Gasteiger partial charge in [-0.25, -0.2) is 0 Å². The average Bonchev–Trinajstić information content (AvgIpc) is 2.89. The topological polar surface area (TPSA) is 32.8 Å². The van der Waals surface area contributed by atoms with Gasteiger partial charge < -0.3 is 9.64 Å². The molecule has 0 unspecified atom stereocenters. The number of fused-ring (bicyclic) bond motifs is 2. The second kappa shape index (κ2) is 7.73. The Kier molecular flexibility index (Phi) is 5.17. The van der Waals surface area contributed by atoms with E-state index in [0.29, 0.717) is 19.7 Å². The van der Waals surface area contributed by atoms with E-state index in [4.69, 9.17) is 4.74 Å². The first-order chi connectivity index (χ1) is 13.1. The molecule has 2 aliphatic heterocycles. The SMILES string of the molecule is CC(C)C(=O)N1CCOc2ccc(CN3CCc4ccccc4C3)cc2C1. The third-order valence-electron chi connectivity index (χ3n) is 5.53. The van der Waals surface area contributed by atoms with Crippen LogP contribution in [0.2, 0.25) is 0 Å². The summed E-state index contributed by atoms with van der Waals surface area (Å²) in [5.41, 5.74) is 5.33. The van der Waals surface area contributed by atoms with Crippen LogP contribution in [0.4, 0.5) is 0 Å². The van der Waals surface area contributed by atoms with Crippen LogP contribution in [0.3, 0.4) is 0 Å². The van der Waals surface area contributed by atoms with E-state index in [9.17, 15) is 4.79 Å². The molecule has 4 nitrogen and oxygen atoms in total. The van der Waals surface area contributed by atoms with Crippen molar-refractivity contribution in [1.29, 1.82) is 0 Å². The van der Waals surface area contributed by atoms with Crippen molar-refractivity contribution in [2.24, 2.45) is 5.92 Å². The Morgan fingerprint density at radius 1 is 1.04 bits per heavy atom. The molecule has 0 aromatic heterocycles. The number of carbonyl (C=O) groups is 1. The lowest BCUT2D eigenvalue weighted by Gasteiger charge is -2.29. The Bertz CT molecular complexity index is 831. The van der Waals surface area contributed by atoms with E-state index in [1.807, 2.05) is 18.7 Å². The number of hydrogen-bond donors (Lipinski definition) is 0. The van der Waals surface area contributed by atoms with Gasteiger partial charge in [-0.3, -0.25) is 9.69 Å². The van der Waals surface area contributed by atoms with E-state index in [-0.39, 0.29) is 11.8 Å². The molecule has 0 fully saturated rings. The molecule has 1 amide bonds. The molecule has 2 aromatic rings. The molecule has 0 bridgehead atoms. The first-order valence-corrected chi connectivity index (χ1v) is 9.92. The molecule has 0 spiro atoms. The number of rotatable bonds is 3. The van der Waals surface area contributed by atoms with Gasteiger partial charge >= 0.3 is 0 Å². The van der Waals surface area contributed by atoms with Gasteiger partial charge in [0, 0.05) is 37.7 Å². The summed E-state index contributed by atoms with van der Waals surface area (Å²) < 4.78 is 5.89. The van der Waals surface area contributed by atoms with Gasteiger partial charge in [0.1, 0.15) is 12.4 Å². The Morgan fingerprint density at radius 3 is 2.67 bits per heavy atom. The lowest BCUT2D eigenvalue weighted by molar-refractivity contribution is -0.135. The van der Waals surface area contributed by atoms with Crippen LogP contribution in [0.25, 0.3) is 0 Å². The number of nitrogens with zero attached hydrogens (tertiary/aromatic N) is 2. The Morgan fingerprint density at radius 2 is 1.85 bits per heavy atom. The van der Waals surface area contributed by atoms with Crippen molar-refractivity contribution >= 4 is 5.91 Å². The van der Waals surface area contributed by atoms with E-state index in [0.717, 1.165) is 37.4 Å². The summed E-state index contributed by atoms with van der Waals surface area (Å²) in [7, 11) is 0. The molecule has 0 atom stereocenters. The van der Waals surface area contributed by atoms with E-state index >= 15 is 0 Å². The smallest absolute Gasteiger partial charge is 0.225 e. The number of hydrogen-bond acceptors (Lipinski definition) is 3. The number of ether oxygens (including phenoxy) is 1. The first kappa shape index (κ1) is 18.1. The highest BCUT2D eigenvalue weighted by molar-refractivity contribution is 5.78. The fraction of sp³-hybridized carbons (Fsp3) is 0.435. The zero-order valence-corrected chi connectivity index (χ0v) is 16.3. The minimum absolute atomic E-state index is 0.0168. The molecule has 0 aliphatic carbocycles. The number of carbonyl (C=O) groups excluding carboxylic acids is 1. The third-order valence-corrected chi connectivity index (χ3v) is 5.53. The van der Waals surface area contributed by atoms with Crippen molar-refractivity contribution in [1.82, 2.24) is 9.80 Å². The zero-order chi connectivity index (χ0) is 18.8. The summed E-state index contributed by atoms with van der Waals surface area (Å²) in [6.45, 7) is 8.80. The summed E-state index contributed by atoms with van der Waals surface area (Å²) >= 11 is 0. The van der Waals surface area contributed by atoms with E-state index in [2.05, 4.69) is 47.4 Å². The van der Waals surface area contributed by atoms with Crippen LogP contribution in [0, 0.1) is 5.92 Å². The second-order valence-electron chi connectivity index (χ2n) is 7.93. The maximum atomic E-state index is 12.4. The van der Waals surface area contributed by atoms with Crippen molar-refractivity contribution in [3.63, 3.8) is 0 Å². The molecule has 4 rings (SSSR count). The molecule has 0 radical (unpaired) electrons. The van der Waals surface area contributed by atoms with Gasteiger partial charge in [-0.15, -0.1) is 0 Å². The van der Waals surface area contributed by atoms with E-state index < -0.39 is 0 Å². The molecule has 2 heterocycles. The van der Waals surface area contributed by atoms with Crippen LogP contribution in [0.1, 0.15) is 36.1 Å². The molecule has 4 heteroatoms. The van der Waals surface area contributed by atoms with Gasteiger partial charge in [0.05, 0.1) is 6.54 Å². The minimum Gasteiger partial charge on any atom is -0.491 e. The van der Waals surface area contributed by atoms with Crippen LogP contribution >= 0.6 is 0 Å². The van der Waals surface area contributed by atoms with Crippen molar-refractivity contribution < 1.29 is 9.53 Å². The monoisotopic (exact) mass is 364 g/mol. The summed E-state index contributed by atoms with van der Waals surface area (Å²) in [5, 5.41) is 0. The van der Waals surface area contributed by atoms with Gasteiger partial charge in [-0.05, 0) is 35.2 Å². The van der Waals surface area contributed by atoms with Gasteiger partial charge in [0.15, 0.2) is 0 Å². The number of benzene rings is 2. The molecule has 0 saturated heterocycles. The quantitative estimate of drug-likeness (QED) is 0.834. The van der Waals surface area contributed by atoms with Crippen molar-refractivity contribution in [2.75, 3.05) is 19.7 Å². The predicted molar refractivity (Wildman–Crippen MR) is 106 cm³/mol. The second-order valence-corrected chi connectivity index (χ2v) is 7.93. The first-order valence-electron chi connectivity index (χ1n) is 9.92. The van der Waals surface area contributed by atoms with Crippen molar-refractivity contribution in [3.05, 3.63) is 64.7 Å². The maximum Gasteiger partial charge on any atom is 0.225 e. The predicted octanol–water partition coefficient (Wildman–Crippen LogP) is 3.62. The van der Waals surface area contributed by atoms with E-state index in [1.165, 1.54) is 16.7 Å². The average molecular weight is 364 g/mol. The Labute approximate surface area is 161 Å². The van der Waals surface area contributed by atoms with Gasteiger partial charge in [-0.1, -0.05) is 44.2 Å². The highest BCUT2D eigenvalue weighted by atomic mass is 16.5. The number of amides is 1. The molecular weight excluding hydrogens is 336 g/mol. The van der Waals surface area contributed by atoms with Gasteiger partial charge in [0.2, 0.25) is 5.91 Å². The van der Waals surface area contributed by atoms with Crippen LogP contribution in [-0.2, 0) is 30.8 Å². The van der Waals surface area contributed by atoms with Crippen LogP contribution in [0.5, 0.6) is 5.75 Å². The zero-order valence-electron chi connectivity index (χ0n) is 16.3. The minimum atomic E-state index is 0.0168. The van der Waals surface area contributed by atoms with Crippen molar-refractivity contribution in [3.8, 4) is 5.75 Å². The molecule has 142 valence electrons. The van der Waals surface area contributed by atoms with Gasteiger partial charge in [-0.2, -0.15) is 0 Å². The normalized spacial score (nSPS) is 17.1. The summed E-state index contributed by atoms with van der Waals surface area (Å²) in [5.74, 6) is 1.13. The summed E-state index contributed by atoms with van der Waals surface area (Å²) in [6.07, 6.45) is 1.11. The molecule has 0 N–H and O–H groups in total. The lowest BCUT2D eigenvalue weighted by Crippen LogP contribution is -2.35. The molecule has 0 saturated carbocycles. The third kappa shape index (κ3) is 4.01. The van der Waals surface area contributed by atoms with Crippen LogP contribution < -0.4 is 4.74 Å². The Hall–Kier alpha value is -2.33. The van der Waals surface area contributed by atoms with E-state index in [1.54, 1.807) is 0 Å². The highest BCUT2D eigenvalue weighted by Crippen LogP contribution is 2.27. The Balaban J connectivity index is 1.49. The van der Waals surface area contributed by atoms with Crippen LogP contribution in [0.15, 0.2) is 42.5 Å². The molecule has 2 aliphatic rings. The summed E-state index contributed by atoms with van der Waals surface area (Å²) in [4.78, 5) is 16.9.